The molecule has 0 spiro atoms. The summed E-state index contributed by atoms with van der Waals surface area (Å²) >= 11 is 6.01. The first kappa shape index (κ1) is 16.9. The van der Waals surface area contributed by atoms with Crippen molar-refractivity contribution in [1.29, 1.82) is 0 Å². The van der Waals surface area contributed by atoms with Crippen molar-refractivity contribution in [2.75, 3.05) is 13.1 Å². The number of halogens is 1. The number of carbonyl (C=O) groups excluding carboxylic acids is 2. The second-order valence-corrected chi connectivity index (χ2v) is 8.76. The van der Waals surface area contributed by atoms with Crippen LogP contribution >= 0.6 is 11.6 Å². The Morgan fingerprint density at radius 1 is 1.00 bits per heavy atom. The second-order valence-electron chi connectivity index (χ2n) is 8.36. The lowest BCUT2D eigenvalue weighted by molar-refractivity contribution is -0.122. The van der Waals surface area contributed by atoms with Gasteiger partial charge in [0, 0.05) is 6.54 Å². The summed E-state index contributed by atoms with van der Waals surface area (Å²) in [6, 6.07) is 6.86. The largest absolute Gasteiger partial charge is 0.354 e. The highest BCUT2D eigenvalue weighted by Crippen LogP contribution is 2.59. The Morgan fingerprint density at radius 3 is 2.20 bits per heavy atom. The fourth-order valence-electron chi connectivity index (χ4n) is 5.76. The molecule has 0 unspecified atom stereocenters. The molecule has 5 rings (SSSR count). The SMILES string of the molecule is O=C(CNC(=O)c1ccccc1Cl)NCC12CC3CC(CC(C3)C1)C2. The van der Waals surface area contributed by atoms with Crippen LogP contribution in [0.3, 0.4) is 0 Å². The quantitative estimate of drug-likeness (QED) is 0.845. The molecule has 1 aromatic carbocycles. The zero-order chi connectivity index (χ0) is 17.4. The van der Waals surface area contributed by atoms with Crippen LogP contribution in [0.15, 0.2) is 24.3 Å². The predicted octanol–water partition coefficient (Wildman–Crippen LogP) is 3.40. The minimum atomic E-state index is -0.310. The highest BCUT2D eigenvalue weighted by Gasteiger charge is 2.50. The summed E-state index contributed by atoms with van der Waals surface area (Å²) in [5.41, 5.74) is 0.718. The van der Waals surface area contributed by atoms with Crippen molar-refractivity contribution in [3.05, 3.63) is 34.9 Å². The van der Waals surface area contributed by atoms with Gasteiger partial charge in [0.05, 0.1) is 17.1 Å². The van der Waals surface area contributed by atoms with Crippen molar-refractivity contribution < 1.29 is 9.59 Å². The van der Waals surface area contributed by atoms with Crippen LogP contribution in [0.2, 0.25) is 5.02 Å². The molecule has 4 bridgehead atoms. The van der Waals surface area contributed by atoms with Gasteiger partial charge in [-0.25, -0.2) is 0 Å². The molecule has 25 heavy (non-hydrogen) atoms. The van der Waals surface area contributed by atoms with E-state index >= 15 is 0 Å². The van der Waals surface area contributed by atoms with Crippen molar-refractivity contribution in [2.45, 2.75) is 38.5 Å². The highest BCUT2D eigenvalue weighted by atomic mass is 35.5. The van der Waals surface area contributed by atoms with E-state index in [1.54, 1.807) is 24.3 Å². The van der Waals surface area contributed by atoms with Gasteiger partial charge in [-0.3, -0.25) is 9.59 Å². The summed E-state index contributed by atoms with van der Waals surface area (Å²) in [6.07, 6.45) is 8.02. The van der Waals surface area contributed by atoms with Gasteiger partial charge >= 0.3 is 0 Å². The standard InChI is InChI=1S/C20H25ClN2O2/c21-17-4-2-1-3-16(17)19(25)22-11-18(24)23-12-20-8-13-5-14(9-20)7-15(6-13)10-20/h1-4,13-15H,5-12H2,(H,22,25)(H,23,24). The van der Waals surface area contributed by atoms with Gasteiger partial charge < -0.3 is 10.6 Å². The first-order valence-electron chi connectivity index (χ1n) is 9.32. The van der Waals surface area contributed by atoms with Gasteiger partial charge in [-0.05, 0) is 73.8 Å². The molecule has 0 atom stereocenters. The minimum absolute atomic E-state index is 0.00355. The maximum Gasteiger partial charge on any atom is 0.253 e. The van der Waals surface area contributed by atoms with Gasteiger partial charge in [-0.2, -0.15) is 0 Å². The third-order valence-corrected chi connectivity index (χ3v) is 6.68. The third-order valence-electron chi connectivity index (χ3n) is 6.35. The van der Waals surface area contributed by atoms with Crippen LogP contribution < -0.4 is 10.6 Å². The number of carbonyl (C=O) groups is 2. The lowest BCUT2D eigenvalue weighted by Gasteiger charge is -2.56. The molecule has 0 aliphatic heterocycles. The number of hydrogen-bond acceptors (Lipinski definition) is 2. The lowest BCUT2D eigenvalue weighted by Crippen LogP contribution is -2.52. The van der Waals surface area contributed by atoms with Crippen molar-refractivity contribution in [1.82, 2.24) is 10.6 Å². The van der Waals surface area contributed by atoms with Crippen LogP contribution in [0, 0.1) is 23.2 Å². The fourth-order valence-corrected chi connectivity index (χ4v) is 5.98. The molecule has 0 heterocycles. The molecule has 0 saturated heterocycles. The van der Waals surface area contributed by atoms with E-state index in [4.69, 9.17) is 11.6 Å². The number of amides is 2. The Bertz CT molecular complexity index is 653. The average molecular weight is 361 g/mol. The summed E-state index contributed by atoms with van der Waals surface area (Å²) in [5.74, 6) is 2.21. The van der Waals surface area contributed by atoms with E-state index in [0.29, 0.717) is 16.0 Å². The molecule has 2 N–H and O–H groups in total. The normalized spacial score (nSPS) is 32.4. The van der Waals surface area contributed by atoms with Gasteiger partial charge in [-0.15, -0.1) is 0 Å². The first-order chi connectivity index (χ1) is 12.0. The predicted molar refractivity (Wildman–Crippen MR) is 97.4 cm³/mol. The summed E-state index contributed by atoms with van der Waals surface area (Å²) in [4.78, 5) is 24.3. The Hall–Kier alpha value is -1.55. The molecule has 4 fully saturated rings. The van der Waals surface area contributed by atoms with E-state index < -0.39 is 0 Å². The average Bonchev–Trinajstić information content (AvgIpc) is 2.57. The second kappa shape index (κ2) is 6.64. The third kappa shape index (κ3) is 3.55. The maximum atomic E-state index is 12.2. The summed E-state index contributed by atoms with van der Waals surface area (Å²) < 4.78 is 0. The Kier molecular flexibility index (Phi) is 4.48. The van der Waals surface area contributed by atoms with Gasteiger partial charge in [-0.1, -0.05) is 23.7 Å². The van der Waals surface area contributed by atoms with E-state index in [0.717, 1.165) is 24.3 Å². The molecule has 5 heteroatoms. The molecule has 4 nitrogen and oxygen atoms in total. The first-order valence-corrected chi connectivity index (χ1v) is 9.70. The molecular formula is C20H25ClN2O2. The number of nitrogens with one attached hydrogen (secondary N) is 2. The molecule has 4 aliphatic rings. The molecule has 0 radical (unpaired) electrons. The number of hydrogen-bond donors (Lipinski definition) is 2. The monoisotopic (exact) mass is 360 g/mol. The number of rotatable bonds is 5. The van der Waals surface area contributed by atoms with Crippen LogP contribution in [-0.4, -0.2) is 24.9 Å². The molecule has 2 amide bonds. The van der Waals surface area contributed by atoms with Gasteiger partial charge in [0.2, 0.25) is 5.91 Å². The lowest BCUT2D eigenvalue weighted by atomic mass is 9.49. The molecule has 4 saturated carbocycles. The van der Waals surface area contributed by atoms with Crippen molar-refractivity contribution in [3.63, 3.8) is 0 Å². The molecular weight excluding hydrogens is 336 g/mol. The molecule has 0 aromatic heterocycles. The van der Waals surface area contributed by atoms with Crippen molar-refractivity contribution >= 4 is 23.4 Å². The van der Waals surface area contributed by atoms with Gasteiger partial charge in [0.15, 0.2) is 0 Å². The zero-order valence-electron chi connectivity index (χ0n) is 14.4. The van der Waals surface area contributed by atoms with Gasteiger partial charge in [0.25, 0.3) is 5.91 Å². The van der Waals surface area contributed by atoms with Crippen LogP contribution in [0.5, 0.6) is 0 Å². The van der Waals surface area contributed by atoms with Crippen LogP contribution in [0.4, 0.5) is 0 Å². The number of benzene rings is 1. The van der Waals surface area contributed by atoms with Crippen molar-refractivity contribution in [3.8, 4) is 0 Å². The van der Waals surface area contributed by atoms with E-state index in [9.17, 15) is 9.59 Å². The Morgan fingerprint density at radius 2 is 1.60 bits per heavy atom. The van der Waals surface area contributed by atoms with Crippen molar-refractivity contribution in [2.24, 2.45) is 23.2 Å². The minimum Gasteiger partial charge on any atom is -0.354 e. The maximum absolute atomic E-state index is 12.2. The fraction of sp³-hybridized carbons (Fsp3) is 0.600. The summed E-state index contributed by atoms with van der Waals surface area (Å²) in [6.45, 7) is 0.758. The Labute approximate surface area is 153 Å². The van der Waals surface area contributed by atoms with Crippen LogP contribution in [-0.2, 0) is 4.79 Å². The van der Waals surface area contributed by atoms with E-state index in [1.165, 1.54) is 38.5 Å². The summed E-state index contributed by atoms with van der Waals surface area (Å²) in [7, 11) is 0. The van der Waals surface area contributed by atoms with E-state index in [1.807, 2.05) is 0 Å². The molecule has 134 valence electrons. The molecule has 1 aromatic rings. The Balaban J connectivity index is 1.27. The van der Waals surface area contributed by atoms with Crippen LogP contribution in [0.25, 0.3) is 0 Å². The smallest absolute Gasteiger partial charge is 0.253 e. The highest BCUT2D eigenvalue weighted by molar-refractivity contribution is 6.33. The topological polar surface area (TPSA) is 58.2 Å². The summed E-state index contributed by atoms with van der Waals surface area (Å²) in [5, 5.41) is 6.13. The van der Waals surface area contributed by atoms with E-state index in [2.05, 4.69) is 10.6 Å². The van der Waals surface area contributed by atoms with Gasteiger partial charge in [0.1, 0.15) is 0 Å². The molecule has 4 aliphatic carbocycles. The zero-order valence-corrected chi connectivity index (χ0v) is 15.1. The van der Waals surface area contributed by atoms with E-state index in [-0.39, 0.29) is 18.4 Å². The van der Waals surface area contributed by atoms with Crippen LogP contribution in [0.1, 0.15) is 48.9 Å².